The van der Waals surface area contributed by atoms with E-state index < -0.39 is 0 Å². The largest absolute Gasteiger partial charge is 0.354 e. The Morgan fingerprint density at radius 1 is 1.60 bits per heavy atom. The summed E-state index contributed by atoms with van der Waals surface area (Å²) in [5.74, 6) is -0.259. The average molecular weight is 299 g/mol. The SMILES string of the molecule is CC(C)N1C[C@@H](C(=O)NCCn2cc(Cl)cn2)CC1=O. The molecule has 110 valence electrons. The minimum absolute atomic E-state index is 0.0546. The van der Waals surface area contributed by atoms with Gasteiger partial charge in [-0.2, -0.15) is 5.10 Å². The Bertz CT molecular complexity index is 500. The Kier molecular flexibility index (Phi) is 4.65. The lowest BCUT2D eigenvalue weighted by Gasteiger charge is -2.20. The highest BCUT2D eigenvalue weighted by Crippen LogP contribution is 2.20. The maximum atomic E-state index is 12.0. The van der Waals surface area contributed by atoms with Gasteiger partial charge in [0.25, 0.3) is 0 Å². The van der Waals surface area contributed by atoms with Crippen molar-refractivity contribution in [3.63, 3.8) is 0 Å². The summed E-state index contributed by atoms with van der Waals surface area (Å²) < 4.78 is 1.67. The molecule has 0 aliphatic carbocycles. The van der Waals surface area contributed by atoms with Crippen molar-refractivity contribution >= 4 is 23.4 Å². The van der Waals surface area contributed by atoms with Crippen molar-refractivity contribution in [2.75, 3.05) is 13.1 Å². The van der Waals surface area contributed by atoms with Crippen molar-refractivity contribution in [1.29, 1.82) is 0 Å². The Balaban J connectivity index is 1.77. The molecule has 0 radical (unpaired) electrons. The van der Waals surface area contributed by atoms with Gasteiger partial charge in [-0.1, -0.05) is 11.6 Å². The van der Waals surface area contributed by atoms with Gasteiger partial charge in [0.1, 0.15) is 0 Å². The molecule has 1 aromatic heterocycles. The van der Waals surface area contributed by atoms with E-state index in [4.69, 9.17) is 11.6 Å². The first kappa shape index (κ1) is 14.8. The van der Waals surface area contributed by atoms with E-state index in [1.165, 1.54) is 0 Å². The molecule has 1 saturated heterocycles. The number of nitrogens with zero attached hydrogens (tertiary/aromatic N) is 3. The van der Waals surface area contributed by atoms with Gasteiger partial charge >= 0.3 is 0 Å². The molecule has 1 aliphatic heterocycles. The van der Waals surface area contributed by atoms with Crippen LogP contribution in [0.2, 0.25) is 5.02 Å². The van der Waals surface area contributed by atoms with Gasteiger partial charge in [0, 0.05) is 31.7 Å². The van der Waals surface area contributed by atoms with Crippen molar-refractivity contribution in [3.8, 4) is 0 Å². The van der Waals surface area contributed by atoms with Crippen LogP contribution in [-0.4, -0.2) is 45.6 Å². The van der Waals surface area contributed by atoms with Crippen LogP contribution in [0.5, 0.6) is 0 Å². The van der Waals surface area contributed by atoms with E-state index in [-0.39, 0.29) is 23.8 Å². The van der Waals surface area contributed by atoms with Crippen LogP contribution in [-0.2, 0) is 16.1 Å². The van der Waals surface area contributed by atoms with Crippen LogP contribution in [0.15, 0.2) is 12.4 Å². The number of nitrogens with one attached hydrogen (secondary N) is 1. The zero-order valence-corrected chi connectivity index (χ0v) is 12.4. The Morgan fingerprint density at radius 3 is 2.90 bits per heavy atom. The molecule has 0 spiro atoms. The number of carbonyl (C=O) groups is 2. The first-order chi connectivity index (χ1) is 9.47. The van der Waals surface area contributed by atoms with E-state index in [0.29, 0.717) is 31.1 Å². The van der Waals surface area contributed by atoms with E-state index >= 15 is 0 Å². The highest BCUT2D eigenvalue weighted by Gasteiger charge is 2.35. The van der Waals surface area contributed by atoms with Crippen molar-refractivity contribution in [2.24, 2.45) is 5.92 Å². The minimum Gasteiger partial charge on any atom is -0.354 e. The predicted molar refractivity (Wildman–Crippen MR) is 75.2 cm³/mol. The molecule has 0 bridgehead atoms. The Labute approximate surface area is 123 Å². The highest BCUT2D eigenvalue weighted by molar-refractivity contribution is 6.30. The fraction of sp³-hybridized carbons (Fsp3) is 0.615. The molecular weight excluding hydrogens is 280 g/mol. The first-order valence-electron chi connectivity index (χ1n) is 6.72. The van der Waals surface area contributed by atoms with E-state index in [1.54, 1.807) is 22.0 Å². The van der Waals surface area contributed by atoms with Crippen molar-refractivity contribution in [3.05, 3.63) is 17.4 Å². The standard InChI is InChI=1S/C13H19ClN4O2/c1-9(2)18-7-10(5-12(18)19)13(20)15-3-4-17-8-11(14)6-16-17/h6,8-10H,3-5,7H2,1-2H3,(H,15,20)/t10-/m0/s1. The highest BCUT2D eigenvalue weighted by atomic mass is 35.5. The number of aromatic nitrogens is 2. The third kappa shape index (κ3) is 3.50. The number of carbonyl (C=O) groups excluding carboxylic acids is 2. The molecule has 1 fully saturated rings. The minimum atomic E-state index is -0.244. The molecule has 2 rings (SSSR count). The monoisotopic (exact) mass is 298 g/mol. The summed E-state index contributed by atoms with van der Waals surface area (Å²) >= 11 is 5.75. The van der Waals surface area contributed by atoms with Crippen molar-refractivity contribution in [2.45, 2.75) is 32.9 Å². The van der Waals surface area contributed by atoms with Gasteiger partial charge in [-0.3, -0.25) is 14.3 Å². The topological polar surface area (TPSA) is 67.2 Å². The molecule has 1 aliphatic rings. The fourth-order valence-corrected chi connectivity index (χ4v) is 2.46. The summed E-state index contributed by atoms with van der Waals surface area (Å²) in [5, 5.41) is 7.44. The molecule has 7 heteroatoms. The van der Waals surface area contributed by atoms with Gasteiger partial charge in [-0.25, -0.2) is 0 Å². The molecule has 6 nitrogen and oxygen atoms in total. The zero-order valence-electron chi connectivity index (χ0n) is 11.7. The van der Waals surface area contributed by atoms with Crippen molar-refractivity contribution < 1.29 is 9.59 Å². The van der Waals surface area contributed by atoms with E-state index in [1.807, 2.05) is 13.8 Å². The summed E-state index contributed by atoms with van der Waals surface area (Å²) in [6.45, 7) is 5.46. The molecule has 2 amide bonds. The first-order valence-corrected chi connectivity index (χ1v) is 7.10. The summed E-state index contributed by atoms with van der Waals surface area (Å²) in [4.78, 5) is 25.5. The van der Waals surface area contributed by atoms with E-state index in [2.05, 4.69) is 10.4 Å². The summed E-state index contributed by atoms with van der Waals surface area (Å²) in [7, 11) is 0. The van der Waals surface area contributed by atoms with E-state index in [9.17, 15) is 9.59 Å². The molecule has 20 heavy (non-hydrogen) atoms. The maximum Gasteiger partial charge on any atom is 0.225 e. The molecule has 0 unspecified atom stereocenters. The van der Waals surface area contributed by atoms with Crippen molar-refractivity contribution in [1.82, 2.24) is 20.0 Å². The molecule has 0 saturated carbocycles. The van der Waals surface area contributed by atoms with Crippen LogP contribution < -0.4 is 5.32 Å². The quantitative estimate of drug-likeness (QED) is 0.878. The number of halogens is 1. The maximum absolute atomic E-state index is 12.0. The van der Waals surface area contributed by atoms with Crippen LogP contribution in [0.3, 0.4) is 0 Å². The number of amides is 2. The normalized spacial score (nSPS) is 18.9. The smallest absolute Gasteiger partial charge is 0.225 e. The van der Waals surface area contributed by atoms with Crippen LogP contribution in [0.25, 0.3) is 0 Å². The van der Waals surface area contributed by atoms with Gasteiger partial charge < -0.3 is 10.2 Å². The fourth-order valence-electron chi connectivity index (χ4n) is 2.30. The van der Waals surface area contributed by atoms with Gasteiger partial charge in [0.2, 0.25) is 11.8 Å². The van der Waals surface area contributed by atoms with Crippen LogP contribution >= 0.6 is 11.6 Å². The average Bonchev–Trinajstić information content (AvgIpc) is 2.95. The summed E-state index contributed by atoms with van der Waals surface area (Å²) in [6.07, 6.45) is 3.56. The number of rotatable bonds is 5. The lowest BCUT2D eigenvalue weighted by molar-refractivity contribution is -0.129. The van der Waals surface area contributed by atoms with Crippen LogP contribution in [0.1, 0.15) is 20.3 Å². The molecule has 1 atom stereocenters. The lowest BCUT2D eigenvalue weighted by atomic mass is 10.1. The lowest BCUT2D eigenvalue weighted by Crippen LogP contribution is -2.36. The van der Waals surface area contributed by atoms with Crippen LogP contribution in [0, 0.1) is 5.92 Å². The van der Waals surface area contributed by atoms with Gasteiger partial charge in [-0.05, 0) is 13.8 Å². The molecule has 2 heterocycles. The van der Waals surface area contributed by atoms with Gasteiger partial charge in [0.15, 0.2) is 0 Å². The number of likely N-dealkylation sites (tertiary alicyclic amines) is 1. The Morgan fingerprint density at radius 2 is 2.35 bits per heavy atom. The second kappa shape index (κ2) is 6.26. The molecule has 0 aromatic carbocycles. The third-order valence-corrected chi connectivity index (χ3v) is 3.59. The van der Waals surface area contributed by atoms with E-state index in [0.717, 1.165) is 0 Å². The van der Waals surface area contributed by atoms with Gasteiger partial charge in [0.05, 0.1) is 23.7 Å². The zero-order chi connectivity index (χ0) is 14.7. The second-order valence-electron chi connectivity index (χ2n) is 5.25. The summed E-state index contributed by atoms with van der Waals surface area (Å²) in [6, 6.07) is 0.145. The molecular formula is C13H19ClN4O2. The van der Waals surface area contributed by atoms with Gasteiger partial charge in [-0.15, -0.1) is 0 Å². The molecule has 1 N–H and O–H groups in total. The number of hydrogen-bond donors (Lipinski definition) is 1. The number of hydrogen-bond acceptors (Lipinski definition) is 3. The second-order valence-corrected chi connectivity index (χ2v) is 5.69. The van der Waals surface area contributed by atoms with Crippen LogP contribution in [0.4, 0.5) is 0 Å². The molecule has 1 aromatic rings. The summed E-state index contributed by atoms with van der Waals surface area (Å²) in [5.41, 5.74) is 0. The predicted octanol–water partition coefficient (Wildman–Crippen LogP) is 0.910. The Hall–Kier alpha value is -1.56. The third-order valence-electron chi connectivity index (χ3n) is 3.39.